The van der Waals surface area contributed by atoms with Crippen LogP contribution in [0.15, 0.2) is 22.7 Å². The molecule has 0 unspecified atom stereocenters. The summed E-state index contributed by atoms with van der Waals surface area (Å²) in [6.07, 6.45) is -4.47. The molecule has 0 spiro atoms. The quantitative estimate of drug-likeness (QED) is 0.886. The van der Waals surface area contributed by atoms with Gasteiger partial charge in [-0.1, -0.05) is 15.9 Å². The number of halogens is 4. The Morgan fingerprint density at radius 3 is 2.32 bits per heavy atom. The summed E-state index contributed by atoms with van der Waals surface area (Å²) in [7, 11) is 1.60. The Balaban J connectivity index is 3.02. The number of alkyl halides is 3. The van der Waals surface area contributed by atoms with Gasteiger partial charge in [0, 0.05) is 10.2 Å². The fourth-order valence-corrected chi connectivity index (χ4v) is 1.69. The van der Waals surface area contributed by atoms with Gasteiger partial charge >= 0.3 is 6.18 Å². The maximum absolute atomic E-state index is 12.7. The standard InChI is InChI=1S/C12H14BrF3N2O/c1-11(2,17-3)10(19)18-7-4-5-9(13)8(6-7)12(14,15)16/h4-6,17H,1-3H3,(H,18,19). The summed E-state index contributed by atoms with van der Waals surface area (Å²) in [5, 5.41) is 5.22. The van der Waals surface area contributed by atoms with Gasteiger partial charge in [-0.2, -0.15) is 13.2 Å². The van der Waals surface area contributed by atoms with E-state index in [4.69, 9.17) is 0 Å². The fraction of sp³-hybridized carbons (Fsp3) is 0.417. The van der Waals surface area contributed by atoms with Crippen molar-refractivity contribution in [2.75, 3.05) is 12.4 Å². The van der Waals surface area contributed by atoms with Crippen molar-refractivity contribution < 1.29 is 18.0 Å². The molecule has 1 aromatic rings. The zero-order valence-electron chi connectivity index (χ0n) is 10.7. The highest BCUT2D eigenvalue weighted by Gasteiger charge is 2.33. The summed E-state index contributed by atoms with van der Waals surface area (Å²) < 4.78 is 38.1. The Kier molecular flexibility index (Phi) is 4.63. The third-order valence-electron chi connectivity index (χ3n) is 2.72. The van der Waals surface area contributed by atoms with Crippen LogP contribution in [0.25, 0.3) is 0 Å². The third-order valence-corrected chi connectivity index (χ3v) is 3.41. The minimum Gasteiger partial charge on any atom is -0.324 e. The molecule has 2 N–H and O–H groups in total. The Hall–Kier alpha value is -1.08. The highest BCUT2D eigenvalue weighted by atomic mass is 79.9. The minimum absolute atomic E-state index is 0.0640. The summed E-state index contributed by atoms with van der Waals surface area (Å²) in [6.45, 7) is 3.26. The van der Waals surface area contributed by atoms with E-state index in [0.29, 0.717) is 0 Å². The molecule has 7 heteroatoms. The van der Waals surface area contributed by atoms with Gasteiger partial charge in [0.1, 0.15) is 0 Å². The van der Waals surface area contributed by atoms with E-state index in [1.807, 2.05) is 0 Å². The van der Waals surface area contributed by atoms with Crippen LogP contribution in [0, 0.1) is 0 Å². The summed E-state index contributed by atoms with van der Waals surface area (Å²) in [6, 6.07) is 3.56. The van der Waals surface area contributed by atoms with Gasteiger partial charge in [0.15, 0.2) is 0 Å². The highest BCUT2D eigenvalue weighted by Crippen LogP contribution is 2.36. The maximum atomic E-state index is 12.7. The van der Waals surface area contributed by atoms with Crippen LogP contribution in [0.5, 0.6) is 0 Å². The first-order chi connectivity index (χ1) is 8.58. The van der Waals surface area contributed by atoms with Crippen LogP contribution in [0.1, 0.15) is 19.4 Å². The van der Waals surface area contributed by atoms with Crippen LogP contribution in [0.3, 0.4) is 0 Å². The number of anilines is 1. The summed E-state index contributed by atoms with van der Waals surface area (Å²) >= 11 is 2.84. The molecule has 106 valence electrons. The number of likely N-dealkylation sites (N-methyl/N-ethyl adjacent to an activating group) is 1. The van der Waals surface area contributed by atoms with E-state index in [1.165, 1.54) is 12.1 Å². The summed E-state index contributed by atoms with van der Waals surface area (Å²) in [5.74, 6) is -0.412. The molecule has 0 bridgehead atoms. The Bertz CT molecular complexity index is 486. The second kappa shape index (κ2) is 5.50. The summed E-state index contributed by atoms with van der Waals surface area (Å²) in [4.78, 5) is 11.8. The largest absolute Gasteiger partial charge is 0.417 e. The van der Waals surface area contributed by atoms with Crippen molar-refractivity contribution in [3.05, 3.63) is 28.2 Å². The predicted molar refractivity (Wildman–Crippen MR) is 70.9 cm³/mol. The van der Waals surface area contributed by atoms with Crippen molar-refractivity contribution in [1.29, 1.82) is 0 Å². The SMILES string of the molecule is CNC(C)(C)C(=O)Nc1ccc(Br)c(C(F)(F)F)c1. The van der Waals surface area contributed by atoms with Crippen LogP contribution in [0.4, 0.5) is 18.9 Å². The molecule has 0 saturated heterocycles. The molecule has 1 rings (SSSR count). The average molecular weight is 339 g/mol. The maximum Gasteiger partial charge on any atom is 0.417 e. The molecule has 1 aromatic carbocycles. The van der Waals surface area contributed by atoms with Gasteiger partial charge in [0.25, 0.3) is 0 Å². The topological polar surface area (TPSA) is 41.1 Å². The molecule has 0 saturated carbocycles. The zero-order chi connectivity index (χ0) is 14.8. The van der Waals surface area contributed by atoms with Crippen LogP contribution < -0.4 is 10.6 Å². The lowest BCUT2D eigenvalue weighted by Crippen LogP contribution is -2.47. The van der Waals surface area contributed by atoms with Gasteiger partial charge in [-0.15, -0.1) is 0 Å². The van der Waals surface area contributed by atoms with Crippen molar-refractivity contribution in [3.63, 3.8) is 0 Å². The van der Waals surface area contributed by atoms with Gasteiger partial charge in [0.05, 0.1) is 11.1 Å². The van der Waals surface area contributed by atoms with Crippen LogP contribution in [-0.2, 0) is 11.0 Å². The van der Waals surface area contributed by atoms with E-state index in [0.717, 1.165) is 6.07 Å². The number of rotatable bonds is 3. The molecule has 0 radical (unpaired) electrons. The van der Waals surface area contributed by atoms with Crippen molar-refractivity contribution in [1.82, 2.24) is 5.32 Å². The third kappa shape index (κ3) is 3.94. The number of carbonyl (C=O) groups excluding carboxylic acids is 1. The predicted octanol–water partition coefficient (Wildman–Crippen LogP) is 3.40. The van der Waals surface area contributed by atoms with E-state index in [-0.39, 0.29) is 10.2 Å². The second-order valence-corrected chi connectivity index (χ2v) is 5.38. The lowest BCUT2D eigenvalue weighted by molar-refractivity contribution is -0.138. The molecule has 0 aliphatic rings. The van der Waals surface area contributed by atoms with Gasteiger partial charge in [-0.25, -0.2) is 0 Å². The number of hydrogen-bond acceptors (Lipinski definition) is 2. The Morgan fingerprint density at radius 1 is 1.26 bits per heavy atom. The first-order valence-corrected chi connectivity index (χ1v) is 6.24. The normalized spacial score (nSPS) is 12.4. The number of benzene rings is 1. The van der Waals surface area contributed by atoms with Crippen molar-refractivity contribution in [2.24, 2.45) is 0 Å². The molecule has 0 atom stereocenters. The molecule has 3 nitrogen and oxygen atoms in total. The lowest BCUT2D eigenvalue weighted by atomic mass is 10.0. The van der Waals surface area contributed by atoms with Crippen LogP contribution in [0.2, 0.25) is 0 Å². The number of carbonyl (C=O) groups is 1. The average Bonchev–Trinajstić information content (AvgIpc) is 2.30. The zero-order valence-corrected chi connectivity index (χ0v) is 12.2. The molecule has 19 heavy (non-hydrogen) atoms. The van der Waals surface area contributed by atoms with Crippen molar-refractivity contribution in [3.8, 4) is 0 Å². The fourth-order valence-electron chi connectivity index (χ4n) is 1.22. The first kappa shape index (κ1) is 16.0. The monoisotopic (exact) mass is 338 g/mol. The molecule has 0 aliphatic carbocycles. The number of nitrogens with one attached hydrogen (secondary N) is 2. The van der Waals surface area contributed by atoms with Crippen molar-refractivity contribution in [2.45, 2.75) is 25.6 Å². The molecule has 1 amide bonds. The first-order valence-electron chi connectivity index (χ1n) is 5.45. The molecule has 0 fully saturated rings. The Labute approximate surface area is 117 Å². The lowest BCUT2D eigenvalue weighted by Gasteiger charge is -2.23. The molecular weight excluding hydrogens is 325 g/mol. The second-order valence-electron chi connectivity index (χ2n) is 4.52. The highest BCUT2D eigenvalue weighted by molar-refractivity contribution is 9.10. The minimum atomic E-state index is -4.47. The van der Waals surface area contributed by atoms with Crippen LogP contribution in [-0.4, -0.2) is 18.5 Å². The van der Waals surface area contributed by atoms with E-state index < -0.39 is 23.2 Å². The van der Waals surface area contributed by atoms with Crippen molar-refractivity contribution >= 4 is 27.5 Å². The van der Waals surface area contributed by atoms with Crippen LogP contribution >= 0.6 is 15.9 Å². The van der Waals surface area contributed by atoms with Gasteiger partial charge in [-0.05, 0) is 39.1 Å². The molecular formula is C12H14BrF3N2O. The van der Waals surface area contributed by atoms with Gasteiger partial charge in [0.2, 0.25) is 5.91 Å². The van der Waals surface area contributed by atoms with E-state index in [9.17, 15) is 18.0 Å². The number of hydrogen-bond donors (Lipinski definition) is 2. The number of amides is 1. The van der Waals surface area contributed by atoms with Gasteiger partial charge in [-0.3, -0.25) is 4.79 Å². The van der Waals surface area contributed by atoms with Gasteiger partial charge < -0.3 is 10.6 Å². The van der Waals surface area contributed by atoms with E-state index in [2.05, 4.69) is 26.6 Å². The smallest absolute Gasteiger partial charge is 0.324 e. The molecule has 0 aliphatic heterocycles. The van der Waals surface area contributed by atoms with E-state index >= 15 is 0 Å². The van der Waals surface area contributed by atoms with E-state index in [1.54, 1.807) is 20.9 Å². The molecule has 0 aromatic heterocycles. The molecule has 0 heterocycles. The Morgan fingerprint density at radius 2 is 1.84 bits per heavy atom. The summed E-state index contributed by atoms with van der Waals surface area (Å²) in [5.41, 5.74) is -1.60.